The molecule has 10 heteroatoms. The maximum atomic E-state index is 13.7. The van der Waals surface area contributed by atoms with E-state index in [1.807, 2.05) is 76.2 Å². The molecule has 0 saturated carbocycles. The Morgan fingerprint density at radius 1 is 1.06 bits per heavy atom. The van der Waals surface area contributed by atoms with Gasteiger partial charge in [0.15, 0.2) is 0 Å². The summed E-state index contributed by atoms with van der Waals surface area (Å²) < 4.78 is 22.9. The number of hydrogen-bond acceptors (Lipinski definition) is 6. The molecule has 1 amide bonds. The van der Waals surface area contributed by atoms with Crippen molar-refractivity contribution in [3.05, 3.63) is 117 Å². The highest BCUT2D eigenvalue weighted by atomic mass is 32.2. The fourth-order valence-electron chi connectivity index (χ4n) is 6.11. The number of aromatic nitrogens is 1. The van der Waals surface area contributed by atoms with Crippen LogP contribution in [0.3, 0.4) is 0 Å². The van der Waals surface area contributed by atoms with Crippen molar-refractivity contribution in [2.75, 3.05) is 30.7 Å². The number of pyridine rings is 1. The van der Waals surface area contributed by atoms with E-state index in [2.05, 4.69) is 41.8 Å². The van der Waals surface area contributed by atoms with E-state index in [9.17, 15) is 13.8 Å². The SMILES string of the molecule is CC.CCNc1ccc(C(c2ccc(C)c(CN3CCOc4ccccc4S3=O)c2)C(C)(C)NC(=O)c2ccc(=O)n(C)c2)c(C)c1N. The first-order chi connectivity index (χ1) is 22.9. The first-order valence-electron chi connectivity index (χ1n) is 16.5. The van der Waals surface area contributed by atoms with Crippen molar-refractivity contribution in [2.24, 2.45) is 7.05 Å². The lowest BCUT2D eigenvalue weighted by atomic mass is 9.74. The van der Waals surface area contributed by atoms with Gasteiger partial charge in [-0.05, 0) is 86.7 Å². The second-order valence-electron chi connectivity index (χ2n) is 12.3. The van der Waals surface area contributed by atoms with E-state index >= 15 is 0 Å². The van der Waals surface area contributed by atoms with Crippen molar-refractivity contribution < 1.29 is 13.7 Å². The monoisotopic (exact) mass is 671 g/mol. The number of anilines is 2. The maximum Gasteiger partial charge on any atom is 0.253 e. The number of amides is 1. The number of fused-ring (bicyclic) bond motifs is 1. The molecule has 48 heavy (non-hydrogen) atoms. The van der Waals surface area contributed by atoms with Crippen LogP contribution in [0.5, 0.6) is 5.75 Å². The molecule has 0 spiro atoms. The van der Waals surface area contributed by atoms with Crippen LogP contribution in [0.25, 0.3) is 0 Å². The van der Waals surface area contributed by atoms with Crippen LogP contribution in [0.1, 0.15) is 78.7 Å². The van der Waals surface area contributed by atoms with Crippen LogP contribution in [0.15, 0.2) is 82.6 Å². The van der Waals surface area contributed by atoms with Gasteiger partial charge >= 0.3 is 0 Å². The van der Waals surface area contributed by atoms with Crippen LogP contribution in [-0.4, -0.2) is 44.2 Å². The van der Waals surface area contributed by atoms with Gasteiger partial charge in [-0.1, -0.05) is 50.2 Å². The Hall–Kier alpha value is -4.41. The number of benzene rings is 3. The van der Waals surface area contributed by atoms with Gasteiger partial charge in [-0.25, -0.2) is 8.51 Å². The van der Waals surface area contributed by atoms with Crippen molar-refractivity contribution >= 4 is 28.3 Å². The normalized spacial score (nSPS) is 15.2. The summed E-state index contributed by atoms with van der Waals surface area (Å²) >= 11 is 0. The Balaban J connectivity index is 0.00000255. The number of nitrogens with zero attached hydrogens (tertiary/aromatic N) is 2. The van der Waals surface area contributed by atoms with E-state index in [1.165, 1.54) is 10.6 Å². The Morgan fingerprint density at radius 2 is 1.79 bits per heavy atom. The number of aryl methyl sites for hydroxylation is 2. The van der Waals surface area contributed by atoms with Crippen LogP contribution < -0.4 is 26.7 Å². The molecular formula is C38H49N5O4S. The third kappa shape index (κ3) is 7.82. The summed E-state index contributed by atoms with van der Waals surface area (Å²) in [5.41, 5.74) is 12.6. The van der Waals surface area contributed by atoms with Crippen molar-refractivity contribution in [3.8, 4) is 5.75 Å². The van der Waals surface area contributed by atoms with Gasteiger partial charge < -0.3 is 25.7 Å². The Bertz CT molecular complexity index is 1850. The molecule has 1 aromatic heterocycles. The number of nitrogen functional groups attached to an aromatic ring is 1. The number of rotatable bonds is 9. The molecule has 0 saturated heterocycles. The summed E-state index contributed by atoms with van der Waals surface area (Å²) in [5.74, 6) is 0.0605. The van der Waals surface area contributed by atoms with Crippen LogP contribution in [0, 0.1) is 13.8 Å². The van der Waals surface area contributed by atoms with E-state index in [0.29, 0.717) is 41.6 Å². The minimum atomic E-state index is -1.39. The third-order valence-electron chi connectivity index (χ3n) is 8.66. The fraction of sp³-hybridized carbons (Fsp3) is 0.368. The van der Waals surface area contributed by atoms with Gasteiger partial charge in [0.1, 0.15) is 23.3 Å². The molecule has 256 valence electrons. The van der Waals surface area contributed by atoms with Gasteiger partial charge in [-0.15, -0.1) is 0 Å². The summed E-state index contributed by atoms with van der Waals surface area (Å²) in [5, 5.41) is 6.59. The predicted molar refractivity (Wildman–Crippen MR) is 196 cm³/mol. The van der Waals surface area contributed by atoms with Gasteiger partial charge in [-0.2, -0.15) is 0 Å². The minimum Gasteiger partial charge on any atom is -0.491 e. The maximum absolute atomic E-state index is 13.7. The molecule has 0 bridgehead atoms. The zero-order chi connectivity index (χ0) is 35.2. The van der Waals surface area contributed by atoms with E-state index in [1.54, 1.807) is 19.3 Å². The zero-order valence-corrected chi connectivity index (χ0v) is 30.2. The van der Waals surface area contributed by atoms with Gasteiger partial charge in [0.05, 0.1) is 21.8 Å². The minimum absolute atomic E-state index is 0.187. The first kappa shape index (κ1) is 36.4. The van der Waals surface area contributed by atoms with Gasteiger partial charge in [0, 0.05) is 50.4 Å². The number of nitrogens with two attached hydrogens (primary N) is 1. The standard InChI is InChI=1S/C36H43N5O4S.C2H6/c1-7-38-29-16-15-28(24(3)34(29)37)33(36(4,5)39-35(43)26-14-17-32(42)40(6)21-26)25-13-12-23(2)27(20-25)22-41-18-19-45-30-10-8-9-11-31(30)46(41)44;1-2/h8-17,20-21,33,38H,7,18-19,22,37H2,1-6H3,(H,39,43);1-2H3. The van der Waals surface area contributed by atoms with E-state index in [4.69, 9.17) is 10.5 Å². The van der Waals surface area contributed by atoms with Crippen LogP contribution in [-0.2, 0) is 24.6 Å². The number of carbonyl (C=O) groups is 1. The molecule has 9 nitrogen and oxygen atoms in total. The van der Waals surface area contributed by atoms with E-state index in [-0.39, 0.29) is 17.4 Å². The summed E-state index contributed by atoms with van der Waals surface area (Å²) in [6.45, 7) is 16.2. The predicted octanol–water partition coefficient (Wildman–Crippen LogP) is 6.30. The quantitative estimate of drug-likeness (QED) is 0.180. The van der Waals surface area contributed by atoms with Crippen molar-refractivity contribution in [3.63, 3.8) is 0 Å². The largest absolute Gasteiger partial charge is 0.491 e. The molecule has 1 aliphatic rings. The molecule has 5 rings (SSSR count). The summed E-state index contributed by atoms with van der Waals surface area (Å²) in [6.07, 6.45) is 1.55. The highest BCUT2D eigenvalue weighted by Crippen LogP contribution is 2.41. The van der Waals surface area contributed by atoms with Crippen LogP contribution in [0.4, 0.5) is 11.4 Å². The van der Waals surface area contributed by atoms with Crippen LogP contribution >= 0.6 is 0 Å². The van der Waals surface area contributed by atoms with Crippen molar-refractivity contribution in [2.45, 2.75) is 71.4 Å². The molecule has 2 unspecified atom stereocenters. The molecule has 4 aromatic rings. The third-order valence-corrected chi connectivity index (χ3v) is 10.2. The Kier molecular flexibility index (Phi) is 11.9. The van der Waals surface area contributed by atoms with Crippen LogP contribution in [0.2, 0.25) is 0 Å². The lowest BCUT2D eigenvalue weighted by Crippen LogP contribution is -2.48. The second kappa shape index (κ2) is 15.7. The number of para-hydroxylation sites is 1. The molecule has 0 fully saturated rings. The molecule has 0 radical (unpaired) electrons. The van der Waals surface area contributed by atoms with Gasteiger partial charge in [0.25, 0.3) is 5.91 Å². The second-order valence-corrected chi connectivity index (χ2v) is 13.8. The smallest absolute Gasteiger partial charge is 0.253 e. The molecule has 1 aliphatic heterocycles. The fourth-order valence-corrected chi connectivity index (χ4v) is 7.38. The number of ether oxygens (including phenoxy) is 1. The summed E-state index contributed by atoms with van der Waals surface area (Å²) in [4.78, 5) is 26.3. The molecule has 4 N–H and O–H groups in total. The topological polar surface area (TPSA) is 119 Å². The highest BCUT2D eigenvalue weighted by Gasteiger charge is 2.36. The lowest BCUT2D eigenvalue weighted by Gasteiger charge is -2.38. The van der Waals surface area contributed by atoms with E-state index < -0.39 is 16.5 Å². The summed E-state index contributed by atoms with van der Waals surface area (Å²) in [6, 6.07) is 20.8. The highest BCUT2D eigenvalue weighted by molar-refractivity contribution is 7.82. The Morgan fingerprint density at radius 3 is 2.50 bits per heavy atom. The average Bonchev–Trinajstić information content (AvgIpc) is 3.22. The zero-order valence-electron chi connectivity index (χ0n) is 29.3. The average molecular weight is 672 g/mol. The van der Waals surface area contributed by atoms with Gasteiger partial charge in [-0.3, -0.25) is 9.59 Å². The molecule has 0 aliphatic carbocycles. The Labute approximate surface area is 287 Å². The van der Waals surface area contributed by atoms with E-state index in [0.717, 1.165) is 40.0 Å². The summed E-state index contributed by atoms with van der Waals surface area (Å²) in [7, 11) is 0.236. The molecular weight excluding hydrogens is 623 g/mol. The lowest BCUT2D eigenvalue weighted by molar-refractivity contribution is 0.0905. The van der Waals surface area contributed by atoms with Crippen molar-refractivity contribution in [1.82, 2.24) is 14.2 Å². The number of nitrogens with one attached hydrogen (secondary N) is 2. The molecule has 2 heterocycles. The number of hydrogen-bond donors (Lipinski definition) is 3. The first-order valence-corrected chi connectivity index (χ1v) is 17.6. The molecule has 3 aromatic carbocycles. The van der Waals surface area contributed by atoms with Gasteiger partial charge in [0.2, 0.25) is 5.56 Å². The molecule has 2 atom stereocenters. The number of carbonyl (C=O) groups excluding carboxylic acids is 1. The van der Waals surface area contributed by atoms with Crippen molar-refractivity contribution in [1.29, 1.82) is 0 Å².